The van der Waals surface area contributed by atoms with Crippen LogP contribution in [0.15, 0.2) is 53.8 Å². The number of hydrogen-bond acceptors (Lipinski definition) is 9. The van der Waals surface area contributed by atoms with Crippen LogP contribution in [0.4, 0.5) is 13.6 Å². The smallest absolute Gasteiger partial charge is 0.426 e. The van der Waals surface area contributed by atoms with Crippen LogP contribution in [0.1, 0.15) is 38.1 Å². The Labute approximate surface area is 229 Å². The third-order valence-corrected chi connectivity index (χ3v) is 6.73. The molecule has 0 saturated heterocycles. The van der Waals surface area contributed by atoms with Crippen LogP contribution in [-0.4, -0.2) is 66.8 Å². The highest BCUT2D eigenvalue weighted by Gasteiger charge is 2.46. The topological polar surface area (TPSA) is 156 Å². The molecule has 0 fully saturated rings. The minimum atomic E-state index is -3.54. The molecule has 0 radical (unpaired) electrons. The van der Waals surface area contributed by atoms with E-state index in [1.165, 1.54) is 55.7 Å². The summed E-state index contributed by atoms with van der Waals surface area (Å²) >= 11 is 0. The highest BCUT2D eigenvalue weighted by Crippen LogP contribution is 2.34. The van der Waals surface area contributed by atoms with Crippen molar-refractivity contribution in [1.82, 2.24) is 20.7 Å². The number of halogens is 2. The van der Waals surface area contributed by atoms with E-state index in [-0.39, 0.29) is 27.8 Å². The van der Waals surface area contributed by atoms with Crippen molar-refractivity contribution in [1.29, 1.82) is 0 Å². The summed E-state index contributed by atoms with van der Waals surface area (Å²) in [5.41, 5.74) is 0.799. The van der Waals surface area contributed by atoms with Crippen LogP contribution >= 0.6 is 0 Å². The lowest BCUT2D eigenvalue weighted by Gasteiger charge is -2.41. The van der Waals surface area contributed by atoms with Crippen molar-refractivity contribution < 1.29 is 46.1 Å². The van der Waals surface area contributed by atoms with E-state index in [9.17, 15) is 31.9 Å². The lowest BCUT2D eigenvalue weighted by Crippen LogP contribution is -2.65. The van der Waals surface area contributed by atoms with E-state index in [4.69, 9.17) is 9.47 Å². The zero-order valence-electron chi connectivity index (χ0n) is 22.3. The lowest BCUT2D eigenvalue weighted by molar-refractivity contribution is -0.142. The van der Waals surface area contributed by atoms with Crippen molar-refractivity contribution in [2.75, 3.05) is 12.9 Å². The van der Waals surface area contributed by atoms with E-state index in [1.54, 1.807) is 20.8 Å². The first-order valence-corrected chi connectivity index (χ1v) is 13.8. The van der Waals surface area contributed by atoms with Crippen LogP contribution in [0.25, 0.3) is 0 Å². The summed E-state index contributed by atoms with van der Waals surface area (Å²) in [5.74, 6) is -0.323. The zero-order valence-corrected chi connectivity index (χ0v) is 23.2. The molecule has 15 heteroatoms. The van der Waals surface area contributed by atoms with Crippen molar-refractivity contribution in [3.63, 3.8) is 0 Å². The Kier molecular flexibility index (Phi) is 9.01. The summed E-state index contributed by atoms with van der Waals surface area (Å²) in [6.45, 7) is 3.45. The minimum Gasteiger partial charge on any atom is -0.488 e. The number of carbonyl (C=O) groups excluding carboxylic acids is 1. The second kappa shape index (κ2) is 11.7. The van der Waals surface area contributed by atoms with Crippen molar-refractivity contribution in [2.45, 2.75) is 51.1 Å². The molecule has 218 valence electrons. The van der Waals surface area contributed by atoms with Crippen LogP contribution in [0, 0.1) is 5.41 Å². The number of pyridine rings is 1. The van der Waals surface area contributed by atoms with Gasteiger partial charge in [-0.3, -0.25) is 4.79 Å². The van der Waals surface area contributed by atoms with Crippen LogP contribution in [0.3, 0.4) is 0 Å². The molecule has 2 aromatic rings. The van der Waals surface area contributed by atoms with E-state index in [2.05, 4.69) is 20.5 Å². The molecule has 1 aliphatic rings. The second-order valence-electron chi connectivity index (χ2n) is 10.0. The predicted molar refractivity (Wildman–Crippen MR) is 138 cm³/mol. The molecule has 1 aromatic carbocycles. The molecule has 1 aromatic heterocycles. The summed E-state index contributed by atoms with van der Waals surface area (Å²) in [5, 5.41) is 12.8. The molecule has 12 nitrogen and oxygen atoms in total. The van der Waals surface area contributed by atoms with Gasteiger partial charge in [-0.15, -0.1) is 0 Å². The van der Waals surface area contributed by atoms with Gasteiger partial charge in [0, 0.05) is 29.5 Å². The van der Waals surface area contributed by atoms with Gasteiger partial charge in [0.15, 0.2) is 14.9 Å². The Hall–Kier alpha value is -3.82. The van der Waals surface area contributed by atoms with Gasteiger partial charge < -0.3 is 24.6 Å². The first-order valence-electron chi connectivity index (χ1n) is 11.9. The number of nitrogens with one attached hydrogen (secondary N) is 2. The molecule has 2 atom stereocenters. The maximum atomic E-state index is 13.5. The SMILES string of the molecule is C[C@@H](COC(F)F)Oc1cc(Oc2ccc(S(C)(=O)=O)nc2)cc(C(=O)NC2(C(C)(C)C)C=CN(C(=O)O)N2)c1. The van der Waals surface area contributed by atoms with Gasteiger partial charge in [-0.05, 0) is 37.3 Å². The average Bonchev–Trinajstić information content (AvgIpc) is 3.28. The molecule has 1 aliphatic heterocycles. The summed E-state index contributed by atoms with van der Waals surface area (Å²) in [4.78, 5) is 28.8. The molecule has 2 amide bonds. The monoisotopic (exact) mass is 584 g/mol. The Balaban J connectivity index is 1.94. The summed E-state index contributed by atoms with van der Waals surface area (Å²) < 4.78 is 64.1. The molecule has 3 rings (SSSR count). The number of alkyl halides is 2. The van der Waals surface area contributed by atoms with Gasteiger partial charge in [-0.1, -0.05) is 20.8 Å². The van der Waals surface area contributed by atoms with E-state index >= 15 is 0 Å². The Morgan fingerprint density at radius 3 is 2.38 bits per heavy atom. The molecule has 0 saturated carbocycles. The maximum Gasteiger partial charge on any atom is 0.426 e. The van der Waals surface area contributed by atoms with Gasteiger partial charge in [-0.25, -0.2) is 23.2 Å². The van der Waals surface area contributed by atoms with Gasteiger partial charge in [-0.2, -0.15) is 14.2 Å². The maximum absolute atomic E-state index is 13.5. The minimum absolute atomic E-state index is 0.0304. The van der Waals surface area contributed by atoms with E-state index in [0.717, 1.165) is 11.3 Å². The molecule has 3 N–H and O–H groups in total. The number of amides is 2. The number of hydrogen-bond donors (Lipinski definition) is 3. The first kappa shape index (κ1) is 30.7. The van der Waals surface area contributed by atoms with Gasteiger partial charge in [0.25, 0.3) is 5.91 Å². The number of rotatable bonds is 10. The largest absolute Gasteiger partial charge is 0.488 e. The van der Waals surface area contributed by atoms with Gasteiger partial charge in [0.1, 0.15) is 29.0 Å². The number of carbonyl (C=O) groups is 2. The van der Waals surface area contributed by atoms with E-state index in [1.807, 2.05) is 0 Å². The third kappa shape index (κ3) is 7.64. The van der Waals surface area contributed by atoms with Crippen LogP contribution < -0.4 is 20.2 Å². The fourth-order valence-corrected chi connectivity index (χ4v) is 4.13. The van der Waals surface area contributed by atoms with Crippen LogP contribution in [0.2, 0.25) is 0 Å². The fraction of sp³-hybridized carbons (Fsp3) is 0.400. The number of aromatic nitrogens is 1. The Morgan fingerprint density at radius 1 is 1.18 bits per heavy atom. The molecule has 1 unspecified atom stereocenters. The molecule has 0 spiro atoms. The van der Waals surface area contributed by atoms with Gasteiger partial charge in [0.05, 0.1) is 12.8 Å². The van der Waals surface area contributed by atoms with Crippen molar-refractivity contribution >= 4 is 21.8 Å². The molecule has 0 bridgehead atoms. The van der Waals surface area contributed by atoms with Gasteiger partial charge >= 0.3 is 12.7 Å². The highest BCUT2D eigenvalue weighted by molar-refractivity contribution is 7.90. The fourth-order valence-electron chi connectivity index (χ4n) is 3.58. The lowest BCUT2D eigenvalue weighted by atomic mass is 9.80. The third-order valence-electron chi connectivity index (χ3n) is 5.73. The van der Waals surface area contributed by atoms with Crippen molar-refractivity contribution in [3.05, 3.63) is 54.4 Å². The molecule has 40 heavy (non-hydrogen) atoms. The average molecular weight is 585 g/mol. The van der Waals surface area contributed by atoms with Crippen molar-refractivity contribution in [2.24, 2.45) is 5.41 Å². The highest BCUT2D eigenvalue weighted by atomic mass is 32.2. The normalized spacial score (nSPS) is 18.1. The number of nitrogens with zero attached hydrogens (tertiary/aromatic N) is 2. The summed E-state index contributed by atoms with van der Waals surface area (Å²) in [6, 6.07) is 6.76. The quantitative estimate of drug-likeness (QED) is 0.376. The number of ether oxygens (including phenoxy) is 3. The van der Waals surface area contributed by atoms with E-state index < -0.39 is 52.2 Å². The van der Waals surface area contributed by atoms with Crippen LogP contribution in [-0.2, 0) is 14.6 Å². The number of hydrazine groups is 1. The molecule has 2 heterocycles. The number of sulfone groups is 1. The van der Waals surface area contributed by atoms with Crippen LogP contribution in [0.5, 0.6) is 17.2 Å². The molecule has 0 aliphatic carbocycles. The summed E-state index contributed by atoms with van der Waals surface area (Å²) in [6.07, 6.45) is 2.87. The number of benzene rings is 1. The van der Waals surface area contributed by atoms with Gasteiger partial charge in [0.2, 0.25) is 0 Å². The van der Waals surface area contributed by atoms with E-state index in [0.29, 0.717) is 0 Å². The van der Waals surface area contributed by atoms with Crippen molar-refractivity contribution in [3.8, 4) is 17.2 Å². The molecular formula is C25H30F2N4O8S. The Bertz CT molecular complexity index is 1380. The summed E-state index contributed by atoms with van der Waals surface area (Å²) in [7, 11) is -3.54. The number of carboxylic acid groups (broad SMARTS) is 1. The standard InChI is InChI=1S/C25H30F2N4O8S/c1-15(14-37-22(26)27)38-18-10-16(11-19(12-18)39-17-6-7-20(28-13-17)40(5,35)36)21(32)29-25(24(2,3)4)8-9-31(30-25)23(33)34/h6-13,15,22,30H,14H2,1-5H3,(H,29,32)(H,33,34)/t15-,25?/m0/s1. The predicted octanol–water partition coefficient (Wildman–Crippen LogP) is 3.77. The molecular weight excluding hydrogens is 554 g/mol. The first-order chi connectivity index (χ1) is 18.5. The second-order valence-corrected chi connectivity index (χ2v) is 12.0. The Morgan fingerprint density at radius 2 is 1.85 bits per heavy atom. The zero-order chi connectivity index (χ0) is 29.9.